The Morgan fingerprint density at radius 1 is 1.17 bits per heavy atom. The molecule has 0 aliphatic carbocycles. The number of benzene rings is 2. The van der Waals surface area contributed by atoms with E-state index in [9.17, 15) is 14.9 Å². The van der Waals surface area contributed by atoms with Gasteiger partial charge in [-0.05, 0) is 44.9 Å². The minimum absolute atomic E-state index is 0.0718. The number of nitrogens with zero attached hydrogens (tertiary/aromatic N) is 1. The van der Waals surface area contributed by atoms with Crippen molar-refractivity contribution >= 4 is 17.3 Å². The summed E-state index contributed by atoms with van der Waals surface area (Å²) in [5, 5.41) is 13.9. The van der Waals surface area contributed by atoms with Gasteiger partial charge in [-0.3, -0.25) is 14.9 Å². The maximum Gasteiger partial charge on any atom is 0.310 e. The van der Waals surface area contributed by atoms with Crippen LogP contribution in [0.25, 0.3) is 0 Å². The molecule has 1 amide bonds. The van der Waals surface area contributed by atoms with Crippen molar-refractivity contribution in [2.75, 3.05) is 5.32 Å². The topological polar surface area (TPSA) is 81.5 Å². The smallest absolute Gasteiger partial charge is 0.310 e. The Bertz CT molecular complexity index is 763. The number of rotatable bonds is 5. The number of nitro benzene ring substituents is 1. The monoisotopic (exact) mass is 328 g/mol. The van der Waals surface area contributed by atoms with Crippen LogP contribution in [0, 0.1) is 30.9 Å². The molecule has 0 bridgehead atoms. The van der Waals surface area contributed by atoms with E-state index in [-0.39, 0.29) is 17.3 Å². The second kappa shape index (κ2) is 7.12. The van der Waals surface area contributed by atoms with Gasteiger partial charge in [0, 0.05) is 11.8 Å². The summed E-state index contributed by atoms with van der Waals surface area (Å²) < 4.78 is 5.49. The van der Waals surface area contributed by atoms with Gasteiger partial charge in [0.05, 0.1) is 4.92 Å². The van der Waals surface area contributed by atoms with Crippen molar-refractivity contribution in [3.05, 3.63) is 63.2 Å². The summed E-state index contributed by atoms with van der Waals surface area (Å²) >= 11 is 0. The van der Waals surface area contributed by atoms with Crippen molar-refractivity contribution in [2.45, 2.75) is 33.8 Å². The first-order valence-corrected chi connectivity index (χ1v) is 7.58. The summed E-state index contributed by atoms with van der Waals surface area (Å²) in [7, 11) is 0. The van der Waals surface area contributed by atoms with Crippen molar-refractivity contribution in [1.82, 2.24) is 0 Å². The highest BCUT2D eigenvalue weighted by molar-refractivity contribution is 5.95. The number of hydrogen-bond donors (Lipinski definition) is 1. The number of hydrogen-bond acceptors (Lipinski definition) is 4. The van der Waals surface area contributed by atoms with Gasteiger partial charge in [-0.25, -0.2) is 0 Å². The molecule has 126 valence electrons. The number of carbonyl (C=O) groups is 1. The number of carbonyl (C=O) groups excluding carboxylic acids is 1. The summed E-state index contributed by atoms with van der Waals surface area (Å²) in [6, 6.07) is 9.96. The molecular weight excluding hydrogens is 308 g/mol. The molecule has 0 saturated heterocycles. The molecule has 6 nitrogen and oxygen atoms in total. The minimum Gasteiger partial charge on any atom is -0.474 e. The fourth-order valence-corrected chi connectivity index (χ4v) is 2.55. The van der Waals surface area contributed by atoms with Crippen LogP contribution in [0.1, 0.15) is 23.6 Å². The molecule has 2 aromatic rings. The van der Waals surface area contributed by atoms with Gasteiger partial charge in [0.1, 0.15) is 0 Å². The number of amides is 1. The van der Waals surface area contributed by atoms with Crippen molar-refractivity contribution in [2.24, 2.45) is 0 Å². The highest BCUT2D eigenvalue weighted by Crippen LogP contribution is 2.27. The standard InChI is InChI=1S/C18H20N2O4/c1-11-9-12(2)17(13(3)10-11)19-18(21)14(4)24-16-8-6-5-7-15(16)20(22)23/h5-10,14H,1-4H3,(H,19,21)/t14-/m1/s1. The Hall–Kier alpha value is -2.89. The van der Waals surface area contributed by atoms with Crippen LogP contribution in [0.15, 0.2) is 36.4 Å². The summed E-state index contributed by atoms with van der Waals surface area (Å²) in [5.74, 6) is -0.286. The van der Waals surface area contributed by atoms with E-state index in [4.69, 9.17) is 4.74 Å². The normalized spacial score (nSPS) is 11.7. The number of aryl methyl sites for hydroxylation is 3. The summed E-state index contributed by atoms with van der Waals surface area (Å²) in [4.78, 5) is 22.9. The zero-order valence-electron chi connectivity index (χ0n) is 14.1. The predicted molar refractivity (Wildman–Crippen MR) is 92.5 cm³/mol. The number of nitrogens with one attached hydrogen (secondary N) is 1. The molecule has 0 unspecified atom stereocenters. The maximum atomic E-state index is 12.4. The van der Waals surface area contributed by atoms with Crippen LogP contribution < -0.4 is 10.1 Å². The molecule has 2 aromatic carbocycles. The Labute approximate surface area is 140 Å². The van der Waals surface area contributed by atoms with Crippen LogP contribution in [0.4, 0.5) is 11.4 Å². The zero-order chi connectivity index (χ0) is 17.9. The third kappa shape index (κ3) is 3.90. The molecule has 0 aromatic heterocycles. The van der Waals surface area contributed by atoms with Crippen molar-refractivity contribution in [1.29, 1.82) is 0 Å². The molecule has 0 radical (unpaired) electrons. The fourth-order valence-electron chi connectivity index (χ4n) is 2.55. The summed E-state index contributed by atoms with van der Waals surface area (Å²) in [5.41, 5.74) is 3.60. The lowest BCUT2D eigenvalue weighted by Gasteiger charge is -2.17. The lowest BCUT2D eigenvalue weighted by molar-refractivity contribution is -0.386. The molecule has 1 N–H and O–H groups in total. The lowest BCUT2D eigenvalue weighted by Crippen LogP contribution is -2.30. The highest BCUT2D eigenvalue weighted by atomic mass is 16.6. The van der Waals surface area contributed by atoms with Gasteiger partial charge in [0.25, 0.3) is 5.91 Å². The SMILES string of the molecule is Cc1cc(C)c(NC(=O)[C@@H](C)Oc2ccccc2[N+](=O)[O-])c(C)c1. The van der Waals surface area contributed by atoms with Crippen LogP contribution in [0.3, 0.4) is 0 Å². The van der Waals surface area contributed by atoms with Crippen molar-refractivity contribution in [3.8, 4) is 5.75 Å². The van der Waals surface area contributed by atoms with Crippen LogP contribution in [0.5, 0.6) is 5.75 Å². The Balaban J connectivity index is 2.16. The lowest BCUT2D eigenvalue weighted by atomic mass is 10.0. The second-order valence-electron chi connectivity index (χ2n) is 5.75. The van der Waals surface area contributed by atoms with Crippen LogP contribution in [-0.2, 0) is 4.79 Å². The van der Waals surface area contributed by atoms with E-state index in [0.29, 0.717) is 0 Å². The Morgan fingerprint density at radius 3 is 2.33 bits per heavy atom. The van der Waals surface area contributed by atoms with Gasteiger partial charge in [0.2, 0.25) is 0 Å². The number of para-hydroxylation sites is 2. The first-order valence-electron chi connectivity index (χ1n) is 7.58. The summed E-state index contributed by atoms with van der Waals surface area (Å²) in [6.45, 7) is 7.39. The van der Waals surface area contributed by atoms with Gasteiger partial charge in [-0.15, -0.1) is 0 Å². The molecule has 0 heterocycles. The molecule has 0 saturated carbocycles. The van der Waals surface area contributed by atoms with Crippen LogP contribution >= 0.6 is 0 Å². The van der Waals surface area contributed by atoms with E-state index >= 15 is 0 Å². The van der Waals surface area contributed by atoms with Gasteiger partial charge in [-0.2, -0.15) is 0 Å². The van der Waals surface area contributed by atoms with Crippen molar-refractivity contribution < 1.29 is 14.5 Å². The number of anilines is 1. The molecule has 0 aliphatic rings. The largest absolute Gasteiger partial charge is 0.474 e. The summed E-state index contributed by atoms with van der Waals surface area (Å²) in [6.07, 6.45) is -0.869. The van der Waals surface area contributed by atoms with E-state index in [1.807, 2.05) is 32.9 Å². The van der Waals surface area contributed by atoms with Crippen molar-refractivity contribution in [3.63, 3.8) is 0 Å². The Kier molecular flexibility index (Phi) is 5.18. The van der Waals surface area contributed by atoms with E-state index in [0.717, 1.165) is 22.4 Å². The van der Waals surface area contributed by atoms with Gasteiger partial charge < -0.3 is 10.1 Å². The average molecular weight is 328 g/mol. The number of ether oxygens (including phenoxy) is 1. The van der Waals surface area contributed by atoms with E-state index in [2.05, 4.69) is 5.32 Å². The molecule has 1 atom stereocenters. The zero-order valence-corrected chi connectivity index (χ0v) is 14.1. The first kappa shape index (κ1) is 17.5. The maximum absolute atomic E-state index is 12.4. The van der Waals surface area contributed by atoms with Crippen LogP contribution in [-0.4, -0.2) is 16.9 Å². The fraction of sp³-hybridized carbons (Fsp3) is 0.278. The first-order chi connectivity index (χ1) is 11.3. The Morgan fingerprint density at radius 2 is 1.75 bits per heavy atom. The third-order valence-corrected chi connectivity index (χ3v) is 3.66. The predicted octanol–water partition coefficient (Wildman–Crippen LogP) is 3.93. The molecule has 0 fully saturated rings. The number of nitro groups is 1. The van der Waals surface area contributed by atoms with Crippen LogP contribution in [0.2, 0.25) is 0 Å². The molecule has 24 heavy (non-hydrogen) atoms. The average Bonchev–Trinajstić information content (AvgIpc) is 2.50. The van der Waals surface area contributed by atoms with Gasteiger partial charge >= 0.3 is 5.69 Å². The van der Waals surface area contributed by atoms with E-state index in [1.54, 1.807) is 19.1 Å². The third-order valence-electron chi connectivity index (χ3n) is 3.66. The highest BCUT2D eigenvalue weighted by Gasteiger charge is 2.21. The molecular formula is C18H20N2O4. The second-order valence-corrected chi connectivity index (χ2v) is 5.75. The molecule has 0 aliphatic heterocycles. The quantitative estimate of drug-likeness (QED) is 0.666. The van der Waals surface area contributed by atoms with Gasteiger partial charge in [-0.1, -0.05) is 29.8 Å². The molecule has 6 heteroatoms. The minimum atomic E-state index is -0.869. The molecule has 2 rings (SSSR count). The van der Waals surface area contributed by atoms with Gasteiger partial charge in [0.15, 0.2) is 11.9 Å². The molecule has 0 spiro atoms. The van der Waals surface area contributed by atoms with E-state index in [1.165, 1.54) is 12.1 Å². The van der Waals surface area contributed by atoms with E-state index < -0.39 is 11.0 Å².